The first-order valence-corrected chi connectivity index (χ1v) is 12.6. The van der Waals surface area contributed by atoms with Crippen LogP contribution in [0.4, 0.5) is 0 Å². The number of benzene rings is 3. The molecule has 0 saturated carbocycles. The molecule has 4 rings (SSSR count). The minimum absolute atomic E-state index is 0.00978. The third-order valence-corrected chi connectivity index (χ3v) is 7.27. The fraction of sp³-hybridized carbons (Fsp3) is 0.231. The van der Waals surface area contributed by atoms with Gasteiger partial charge in [0.05, 0.1) is 15.9 Å². The normalized spacial score (nSPS) is 12.7. The number of carboxylic acid groups (broad SMARTS) is 1. The Kier molecular flexibility index (Phi) is 6.90. The van der Waals surface area contributed by atoms with Gasteiger partial charge in [-0.2, -0.15) is 4.72 Å². The second-order valence-corrected chi connectivity index (χ2v) is 10.3. The number of carboxylic acids is 1. The van der Waals surface area contributed by atoms with E-state index in [2.05, 4.69) is 9.71 Å². The lowest BCUT2D eigenvalue weighted by molar-refractivity contribution is -0.140. The zero-order chi connectivity index (χ0) is 25.2. The van der Waals surface area contributed by atoms with Crippen LogP contribution in [0.3, 0.4) is 0 Å². The monoisotopic (exact) mass is 493 g/mol. The number of rotatable bonds is 9. The summed E-state index contributed by atoms with van der Waals surface area (Å²) in [5, 5.41) is 9.28. The highest BCUT2D eigenvalue weighted by molar-refractivity contribution is 7.89. The van der Waals surface area contributed by atoms with Crippen LogP contribution in [0, 0.1) is 5.92 Å². The van der Waals surface area contributed by atoms with Gasteiger partial charge in [-0.1, -0.05) is 50.2 Å². The van der Waals surface area contributed by atoms with Crippen molar-refractivity contribution in [3.8, 4) is 16.9 Å². The van der Waals surface area contributed by atoms with E-state index in [-0.39, 0.29) is 4.90 Å². The lowest BCUT2D eigenvalue weighted by Crippen LogP contribution is -2.44. The summed E-state index contributed by atoms with van der Waals surface area (Å²) in [6.45, 7) is 3.63. The summed E-state index contributed by atoms with van der Waals surface area (Å²) < 4.78 is 35.4. The van der Waals surface area contributed by atoms with Crippen molar-refractivity contribution in [1.29, 1.82) is 0 Å². The Morgan fingerprint density at radius 3 is 2.17 bits per heavy atom. The Labute approximate surface area is 204 Å². The van der Waals surface area contributed by atoms with Crippen molar-refractivity contribution in [3.05, 3.63) is 78.6 Å². The minimum Gasteiger partial charge on any atom is -0.486 e. The van der Waals surface area contributed by atoms with E-state index in [9.17, 15) is 18.3 Å². The number of hydrogen-bond donors (Lipinski definition) is 2. The number of sulfonamides is 1. The average molecular weight is 494 g/mol. The molecule has 0 bridgehead atoms. The SMILES string of the molecule is CC(C)C(NS(=O)(=O)c1ccc(-c2ccc(OCc3nc4ccccc4n3C)cc2)cc1)C(=O)O. The van der Waals surface area contributed by atoms with Gasteiger partial charge in [-0.15, -0.1) is 0 Å². The van der Waals surface area contributed by atoms with Crippen LogP contribution in [0.15, 0.2) is 77.7 Å². The zero-order valence-electron chi connectivity index (χ0n) is 19.7. The van der Waals surface area contributed by atoms with Gasteiger partial charge >= 0.3 is 5.97 Å². The van der Waals surface area contributed by atoms with E-state index in [1.54, 1.807) is 26.0 Å². The molecular formula is C26H27N3O5S. The number of aliphatic carboxylic acids is 1. The van der Waals surface area contributed by atoms with Gasteiger partial charge in [-0.25, -0.2) is 13.4 Å². The van der Waals surface area contributed by atoms with Gasteiger partial charge in [0.25, 0.3) is 0 Å². The quantitative estimate of drug-likeness (QED) is 0.361. The fourth-order valence-corrected chi connectivity index (χ4v) is 5.09. The summed E-state index contributed by atoms with van der Waals surface area (Å²) in [7, 11) is -2.00. The highest BCUT2D eigenvalue weighted by Crippen LogP contribution is 2.25. The van der Waals surface area contributed by atoms with Crippen LogP contribution in [-0.2, 0) is 28.5 Å². The van der Waals surface area contributed by atoms with Crippen LogP contribution in [-0.4, -0.2) is 35.1 Å². The smallest absolute Gasteiger partial charge is 0.322 e. The number of para-hydroxylation sites is 2. The molecule has 3 aromatic carbocycles. The molecule has 1 atom stereocenters. The number of imidazole rings is 1. The molecule has 0 aliphatic carbocycles. The number of fused-ring (bicyclic) bond motifs is 1. The standard InChI is InChI=1S/C26H27N3O5S/c1-17(2)25(26(30)31)28-35(32,33)21-14-10-19(11-15-21)18-8-12-20(13-9-18)34-16-24-27-22-6-4-5-7-23(22)29(24)3/h4-15,17,25,28H,16H2,1-3H3,(H,30,31). The van der Waals surface area contributed by atoms with E-state index in [4.69, 9.17) is 4.74 Å². The lowest BCUT2D eigenvalue weighted by atomic mass is 10.1. The van der Waals surface area contributed by atoms with Crippen LogP contribution in [0.25, 0.3) is 22.2 Å². The van der Waals surface area contributed by atoms with Gasteiger partial charge in [0.1, 0.15) is 24.2 Å². The van der Waals surface area contributed by atoms with E-state index in [1.807, 2.05) is 60.1 Å². The number of aromatic nitrogens is 2. The van der Waals surface area contributed by atoms with Crippen molar-refractivity contribution < 1.29 is 23.1 Å². The molecule has 0 fully saturated rings. The van der Waals surface area contributed by atoms with Crippen molar-refractivity contribution in [1.82, 2.24) is 14.3 Å². The van der Waals surface area contributed by atoms with Crippen LogP contribution in [0.5, 0.6) is 5.75 Å². The Balaban J connectivity index is 1.43. The van der Waals surface area contributed by atoms with Crippen LogP contribution in [0.1, 0.15) is 19.7 Å². The van der Waals surface area contributed by atoms with Crippen LogP contribution < -0.4 is 9.46 Å². The van der Waals surface area contributed by atoms with E-state index in [0.717, 1.165) is 28.0 Å². The van der Waals surface area contributed by atoms with Gasteiger partial charge in [-0.05, 0) is 53.4 Å². The fourth-order valence-electron chi connectivity index (χ4n) is 3.75. The van der Waals surface area contributed by atoms with E-state index in [0.29, 0.717) is 12.4 Å². The topological polar surface area (TPSA) is 111 Å². The summed E-state index contributed by atoms with van der Waals surface area (Å²) in [5.74, 6) is -0.0849. The summed E-state index contributed by atoms with van der Waals surface area (Å²) in [5.41, 5.74) is 3.68. The molecule has 0 spiro atoms. The first kappa shape index (κ1) is 24.4. The molecule has 8 nitrogen and oxygen atoms in total. The number of aryl methyl sites for hydroxylation is 1. The van der Waals surface area contributed by atoms with Gasteiger partial charge in [0, 0.05) is 7.05 Å². The van der Waals surface area contributed by atoms with Crippen molar-refractivity contribution in [2.75, 3.05) is 0 Å². The van der Waals surface area contributed by atoms with Crippen molar-refractivity contribution in [2.24, 2.45) is 13.0 Å². The summed E-state index contributed by atoms with van der Waals surface area (Å²) in [6, 6.07) is 20.5. The van der Waals surface area contributed by atoms with Crippen molar-refractivity contribution in [2.45, 2.75) is 31.4 Å². The number of carbonyl (C=O) groups is 1. The molecule has 182 valence electrons. The second-order valence-electron chi connectivity index (χ2n) is 8.59. The second kappa shape index (κ2) is 9.89. The maximum Gasteiger partial charge on any atom is 0.322 e. The molecular weight excluding hydrogens is 466 g/mol. The zero-order valence-corrected chi connectivity index (χ0v) is 20.5. The molecule has 0 aliphatic rings. The summed E-state index contributed by atoms with van der Waals surface area (Å²) >= 11 is 0. The first-order chi connectivity index (χ1) is 16.7. The van der Waals surface area contributed by atoms with Gasteiger partial charge in [0.15, 0.2) is 0 Å². The van der Waals surface area contributed by atoms with Gasteiger partial charge in [-0.3, -0.25) is 4.79 Å². The van der Waals surface area contributed by atoms with E-state index < -0.39 is 28.0 Å². The Morgan fingerprint density at radius 2 is 1.60 bits per heavy atom. The minimum atomic E-state index is -3.96. The Morgan fingerprint density at radius 1 is 1.00 bits per heavy atom. The molecule has 0 amide bonds. The van der Waals surface area contributed by atoms with Gasteiger partial charge in [0.2, 0.25) is 10.0 Å². The van der Waals surface area contributed by atoms with Gasteiger partial charge < -0.3 is 14.4 Å². The largest absolute Gasteiger partial charge is 0.486 e. The lowest BCUT2D eigenvalue weighted by Gasteiger charge is -2.18. The maximum atomic E-state index is 12.6. The molecule has 1 unspecified atom stereocenters. The van der Waals surface area contributed by atoms with E-state index in [1.165, 1.54) is 12.1 Å². The van der Waals surface area contributed by atoms with Crippen LogP contribution >= 0.6 is 0 Å². The molecule has 1 heterocycles. The van der Waals surface area contributed by atoms with Crippen molar-refractivity contribution >= 4 is 27.0 Å². The first-order valence-electron chi connectivity index (χ1n) is 11.1. The Bertz CT molecular complexity index is 1440. The third-order valence-electron chi connectivity index (χ3n) is 5.81. The average Bonchev–Trinajstić information content (AvgIpc) is 3.17. The molecule has 2 N–H and O–H groups in total. The molecule has 9 heteroatoms. The molecule has 35 heavy (non-hydrogen) atoms. The summed E-state index contributed by atoms with van der Waals surface area (Å²) in [4.78, 5) is 16.0. The summed E-state index contributed by atoms with van der Waals surface area (Å²) in [6.07, 6.45) is 0. The number of nitrogens with one attached hydrogen (secondary N) is 1. The third kappa shape index (κ3) is 5.36. The van der Waals surface area contributed by atoms with Crippen LogP contribution in [0.2, 0.25) is 0 Å². The highest BCUT2D eigenvalue weighted by Gasteiger charge is 2.28. The molecule has 0 radical (unpaired) electrons. The molecule has 1 aromatic heterocycles. The van der Waals surface area contributed by atoms with Crippen molar-refractivity contribution in [3.63, 3.8) is 0 Å². The number of nitrogens with zero attached hydrogens (tertiary/aromatic N) is 2. The highest BCUT2D eigenvalue weighted by atomic mass is 32.2. The number of ether oxygens (including phenoxy) is 1. The van der Waals surface area contributed by atoms with E-state index >= 15 is 0 Å². The molecule has 0 aliphatic heterocycles. The molecule has 4 aromatic rings. The predicted molar refractivity (Wildman–Crippen MR) is 134 cm³/mol. The Hall–Kier alpha value is -3.69. The molecule has 0 saturated heterocycles. The maximum absolute atomic E-state index is 12.6. The number of hydrogen-bond acceptors (Lipinski definition) is 5. The predicted octanol–water partition coefficient (Wildman–Crippen LogP) is 4.21.